The molecule has 0 radical (unpaired) electrons. The van der Waals surface area contributed by atoms with Gasteiger partial charge in [-0.2, -0.15) is 0 Å². The molecule has 5 nitrogen and oxygen atoms in total. The summed E-state index contributed by atoms with van der Waals surface area (Å²) in [4.78, 5) is 15.8. The van der Waals surface area contributed by atoms with Gasteiger partial charge < -0.3 is 9.88 Å². The molecule has 1 N–H and O–H groups in total. The van der Waals surface area contributed by atoms with Crippen molar-refractivity contribution in [2.75, 3.05) is 5.32 Å². The summed E-state index contributed by atoms with van der Waals surface area (Å²) in [5, 5.41) is 5.18. The van der Waals surface area contributed by atoms with Crippen LogP contribution in [0.2, 0.25) is 0 Å². The second kappa shape index (κ2) is 4.98. The lowest BCUT2D eigenvalue weighted by atomic mass is 10.2. The van der Waals surface area contributed by atoms with Gasteiger partial charge in [0.1, 0.15) is 0 Å². The molecule has 0 fully saturated rings. The maximum Gasteiger partial charge on any atom is 0.222 e. The number of carbonyl (C=O) groups is 1. The van der Waals surface area contributed by atoms with Crippen molar-refractivity contribution in [1.29, 1.82) is 0 Å². The summed E-state index contributed by atoms with van der Waals surface area (Å²) in [7, 11) is 1.93. The number of fused-ring (bicyclic) bond motifs is 3. The van der Waals surface area contributed by atoms with E-state index < -0.39 is 0 Å². The second-order valence-corrected chi connectivity index (χ2v) is 5.58. The summed E-state index contributed by atoms with van der Waals surface area (Å²) in [5.74, 6) is 1.27. The molecule has 0 saturated carbocycles. The zero-order valence-corrected chi connectivity index (χ0v) is 12.9. The summed E-state index contributed by atoms with van der Waals surface area (Å²) < 4.78 is 4.06. The van der Waals surface area contributed by atoms with Gasteiger partial charge in [0, 0.05) is 24.7 Å². The van der Waals surface area contributed by atoms with Crippen LogP contribution in [0.1, 0.15) is 6.92 Å². The molecule has 4 rings (SSSR count). The Morgan fingerprint density at radius 1 is 1.00 bits per heavy atom. The summed E-state index contributed by atoms with van der Waals surface area (Å²) >= 11 is 0. The number of carbonyl (C=O) groups excluding carboxylic acids is 1. The van der Waals surface area contributed by atoms with E-state index in [-0.39, 0.29) is 5.91 Å². The summed E-state index contributed by atoms with van der Waals surface area (Å²) in [6.07, 6.45) is 1.71. The minimum absolute atomic E-state index is 0.134. The van der Waals surface area contributed by atoms with Gasteiger partial charge in [-0.05, 0) is 12.1 Å². The van der Waals surface area contributed by atoms with Crippen molar-refractivity contribution in [2.24, 2.45) is 7.05 Å². The minimum Gasteiger partial charge on any atom is -0.318 e. The fourth-order valence-corrected chi connectivity index (χ4v) is 3.09. The number of nitrogens with one attached hydrogen (secondary N) is 1. The van der Waals surface area contributed by atoms with Crippen LogP contribution in [0.4, 0.5) is 5.82 Å². The van der Waals surface area contributed by atoms with Crippen LogP contribution >= 0.6 is 0 Å². The Labute approximate surface area is 133 Å². The minimum atomic E-state index is -0.134. The molecule has 0 aliphatic heterocycles. The molecule has 2 aromatic heterocycles. The van der Waals surface area contributed by atoms with Crippen molar-refractivity contribution in [3.8, 4) is 5.82 Å². The number of aromatic nitrogens is 3. The number of rotatable bonds is 2. The molecule has 1 amide bonds. The number of benzene rings is 2. The lowest BCUT2D eigenvalue weighted by Crippen LogP contribution is -2.10. The molecule has 4 aromatic rings. The van der Waals surface area contributed by atoms with E-state index in [2.05, 4.69) is 39.1 Å². The van der Waals surface area contributed by atoms with Crippen LogP contribution in [0.5, 0.6) is 0 Å². The monoisotopic (exact) mass is 304 g/mol. The zero-order chi connectivity index (χ0) is 16.0. The molecule has 5 heteroatoms. The Hall–Kier alpha value is -3.08. The highest BCUT2D eigenvalue weighted by atomic mass is 16.1. The van der Waals surface area contributed by atoms with E-state index >= 15 is 0 Å². The van der Waals surface area contributed by atoms with Gasteiger partial charge in [-0.3, -0.25) is 9.36 Å². The van der Waals surface area contributed by atoms with E-state index in [1.807, 2.05) is 35.9 Å². The van der Waals surface area contributed by atoms with E-state index in [1.165, 1.54) is 17.7 Å². The summed E-state index contributed by atoms with van der Waals surface area (Å²) in [6, 6.07) is 16.5. The first-order chi connectivity index (χ1) is 11.2. The summed E-state index contributed by atoms with van der Waals surface area (Å²) in [5.41, 5.74) is 2.17. The Kier molecular flexibility index (Phi) is 2.94. The number of nitrogens with zero attached hydrogens (tertiary/aromatic N) is 3. The van der Waals surface area contributed by atoms with Gasteiger partial charge >= 0.3 is 0 Å². The highest BCUT2D eigenvalue weighted by Gasteiger charge is 2.18. The smallest absolute Gasteiger partial charge is 0.222 e. The predicted molar refractivity (Wildman–Crippen MR) is 91.9 cm³/mol. The third kappa shape index (κ3) is 2.01. The molecule has 0 aliphatic rings. The molecule has 0 saturated heterocycles. The quantitative estimate of drug-likeness (QED) is 0.616. The topological polar surface area (TPSA) is 51.9 Å². The molecule has 0 atom stereocenters. The van der Waals surface area contributed by atoms with Crippen molar-refractivity contribution in [2.45, 2.75) is 6.92 Å². The van der Waals surface area contributed by atoms with Gasteiger partial charge in [0.05, 0.1) is 17.4 Å². The van der Waals surface area contributed by atoms with E-state index in [9.17, 15) is 4.79 Å². The first-order valence-electron chi connectivity index (χ1n) is 7.44. The Bertz CT molecular complexity index is 988. The Morgan fingerprint density at radius 3 is 2.13 bits per heavy atom. The molecule has 0 unspecified atom stereocenters. The highest BCUT2D eigenvalue weighted by Crippen LogP contribution is 2.33. The van der Waals surface area contributed by atoms with Gasteiger partial charge in [0.15, 0.2) is 11.6 Å². The maximum atomic E-state index is 11.5. The molecule has 0 aliphatic carbocycles. The highest BCUT2D eigenvalue weighted by molar-refractivity contribution is 6.09. The lowest BCUT2D eigenvalue weighted by molar-refractivity contribution is -0.114. The van der Waals surface area contributed by atoms with Gasteiger partial charge in [0.25, 0.3) is 0 Å². The van der Waals surface area contributed by atoms with E-state index in [0.717, 1.165) is 16.9 Å². The molecular weight excluding hydrogens is 288 g/mol. The van der Waals surface area contributed by atoms with Crippen LogP contribution < -0.4 is 5.32 Å². The first-order valence-corrected chi connectivity index (χ1v) is 7.44. The van der Waals surface area contributed by atoms with Gasteiger partial charge in [0.2, 0.25) is 5.91 Å². The fourth-order valence-electron chi connectivity index (χ4n) is 3.09. The molecular formula is C18H16N4O. The number of para-hydroxylation sites is 2. The van der Waals surface area contributed by atoms with Crippen LogP contribution in [0.25, 0.3) is 27.6 Å². The van der Waals surface area contributed by atoms with Crippen LogP contribution in [-0.2, 0) is 11.8 Å². The van der Waals surface area contributed by atoms with Crippen molar-refractivity contribution in [3.63, 3.8) is 0 Å². The van der Waals surface area contributed by atoms with E-state index in [0.29, 0.717) is 5.82 Å². The number of hydrogen-bond acceptors (Lipinski definition) is 2. The van der Waals surface area contributed by atoms with Crippen molar-refractivity contribution in [3.05, 3.63) is 54.9 Å². The van der Waals surface area contributed by atoms with Crippen LogP contribution in [0, 0.1) is 0 Å². The van der Waals surface area contributed by atoms with Crippen molar-refractivity contribution in [1.82, 2.24) is 14.1 Å². The predicted octanol–water partition coefficient (Wildman–Crippen LogP) is 3.48. The Morgan fingerprint density at radius 2 is 1.57 bits per heavy atom. The van der Waals surface area contributed by atoms with Crippen LogP contribution in [-0.4, -0.2) is 20.0 Å². The van der Waals surface area contributed by atoms with Crippen LogP contribution in [0.15, 0.2) is 54.9 Å². The SMILES string of the molecule is CC(=O)Nc1ncn(C)c1-n1c2ccccc2c2ccccc21. The molecule has 0 bridgehead atoms. The maximum absolute atomic E-state index is 11.5. The normalized spacial score (nSPS) is 11.2. The molecule has 23 heavy (non-hydrogen) atoms. The third-order valence-electron chi connectivity index (χ3n) is 3.99. The number of anilines is 1. The number of imidazole rings is 1. The number of hydrogen-bond donors (Lipinski definition) is 1. The van der Waals surface area contributed by atoms with Gasteiger partial charge in [-0.1, -0.05) is 36.4 Å². The molecule has 2 heterocycles. The molecule has 0 spiro atoms. The fraction of sp³-hybridized carbons (Fsp3) is 0.111. The summed E-state index contributed by atoms with van der Waals surface area (Å²) in [6.45, 7) is 1.49. The first kappa shape index (κ1) is 13.6. The van der Waals surface area contributed by atoms with Gasteiger partial charge in [-0.15, -0.1) is 0 Å². The molecule has 2 aromatic carbocycles. The Balaban J connectivity index is 2.13. The number of amides is 1. The number of aryl methyl sites for hydroxylation is 1. The van der Waals surface area contributed by atoms with E-state index in [4.69, 9.17) is 0 Å². The zero-order valence-electron chi connectivity index (χ0n) is 12.9. The standard InChI is InChI=1S/C18H16N4O/c1-12(23)20-17-18(21(2)11-19-17)22-15-9-5-3-7-13(15)14-8-4-6-10-16(14)22/h3-11H,1-2H3,(H,20,23). The third-order valence-corrected chi connectivity index (χ3v) is 3.99. The van der Waals surface area contributed by atoms with Crippen molar-refractivity contribution < 1.29 is 4.79 Å². The van der Waals surface area contributed by atoms with E-state index in [1.54, 1.807) is 6.33 Å². The van der Waals surface area contributed by atoms with Gasteiger partial charge in [-0.25, -0.2) is 4.98 Å². The second-order valence-electron chi connectivity index (χ2n) is 5.58. The largest absolute Gasteiger partial charge is 0.318 e. The average Bonchev–Trinajstić information content (AvgIpc) is 3.05. The van der Waals surface area contributed by atoms with Crippen molar-refractivity contribution >= 4 is 33.5 Å². The van der Waals surface area contributed by atoms with Crippen LogP contribution in [0.3, 0.4) is 0 Å². The molecule has 114 valence electrons. The average molecular weight is 304 g/mol. The lowest BCUT2D eigenvalue weighted by Gasteiger charge is -2.11.